The lowest BCUT2D eigenvalue weighted by Gasteiger charge is -2.20. The monoisotopic (exact) mass is 467 g/mol. The quantitative estimate of drug-likeness (QED) is 0.325. The van der Waals surface area contributed by atoms with Crippen LogP contribution in [0.5, 0.6) is 5.75 Å². The molecule has 0 saturated heterocycles. The number of nitrogens with one attached hydrogen (secondary N) is 1. The maximum atomic E-state index is 12.8. The predicted molar refractivity (Wildman–Crippen MR) is 120 cm³/mol. The van der Waals surface area contributed by atoms with E-state index in [2.05, 4.69) is 21.2 Å². The van der Waals surface area contributed by atoms with Crippen molar-refractivity contribution in [2.75, 3.05) is 11.9 Å². The van der Waals surface area contributed by atoms with Crippen molar-refractivity contribution in [1.82, 2.24) is 0 Å². The Kier molecular flexibility index (Phi) is 7.25. The average molecular weight is 468 g/mol. The average Bonchev–Trinajstić information content (AvgIpc) is 2.75. The highest BCUT2D eigenvalue weighted by Crippen LogP contribution is 2.26. The van der Waals surface area contributed by atoms with Crippen LogP contribution >= 0.6 is 15.9 Å². The zero-order valence-corrected chi connectivity index (χ0v) is 18.1. The molecule has 0 aliphatic carbocycles. The number of hydrogen-bond donors (Lipinski definition) is 2. The summed E-state index contributed by atoms with van der Waals surface area (Å²) in [6.07, 6.45) is 0.228. The molecule has 0 heterocycles. The van der Waals surface area contributed by atoms with Gasteiger partial charge in [-0.05, 0) is 61.0 Å². The molecule has 5 nitrogen and oxygen atoms in total. The molecule has 0 radical (unpaired) electrons. The van der Waals surface area contributed by atoms with Crippen molar-refractivity contribution < 1.29 is 19.4 Å². The molecule has 0 aliphatic heterocycles. The van der Waals surface area contributed by atoms with Crippen molar-refractivity contribution in [3.8, 4) is 5.75 Å². The van der Waals surface area contributed by atoms with Crippen molar-refractivity contribution in [3.63, 3.8) is 0 Å². The van der Waals surface area contributed by atoms with Crippen LogP contribution in [0, 0.1) is 0 Å². The highest BCUT2D eigenvalue weighted by Gasteiger charge is 2.18. The summed E-state index contributed by atoms with van der Waals surface area (Å²) in [7, 11) is 0. The molecular weight excluding hydrogens is 446 g/mol. The van der Waals surface area contributed by atoms with Gasteiger partial charge in [-0.3, -0.25) is 4.79 Å². The number of carbonyl (C=O) groups is 2. The maximum Gasteiger partial charge on any atom is 0.338 e. The van der Waals surface area contributed by atoms with E-state index in [1.54, 1.807) is 67.6 Å². The number of hydrogen-bond acceptors (Lipinski definition) is 5. The van der Waals surface area contributed by atoms with Gasteiger partial charge in [0.1, 0.15) is 5.75 Å². The van der Waals surface area contributed by atoms with Gasteiger partial charge in [-0.2, -0.15) is 0 Å². The van der Waals surface area contributed by atoms with E-state index in [4.69, 9.17) is 4.74 Å². The van der Waals surface area contributed by atoms with Crippen molar-refractivity contribution in [2.45, 2.75) is 19.4 Å². The van der Waals surface area contributed by atoms with Crippen LogP contribution in [0.4, 0.5) is 5.69 Å². The number of anilines is 1. The Morgan fingerprint density at radius 2 is 1.53 bits per heavy atom. The molecule has 0 saturated carbocycles. The van der Waals surface area contributed by atoms with E-state index < -0.39 is 0 Å². The molecule has 0 bridgehead atoms. The summed E-state index contributed by atoms with van der Waals surface area (Å²) in [5.74, 6) is -0.212. The molecule has 0 aromatic heterocycles. The van der Waals surface area contributed by atoms with E-state index in [1.807, 2.05) is 12.1 Å². The summed E-state index contributed by atoms with van der Waals surface area (Å²) < 4.78 is 5.92. The number of Topliss-reactive ketones (excluding diaryl/α,β-unsaturated/α-hetero) is 1. The molecule has 3 rings (SSSR count). The van der Waals surface area contributed by atoms with Gasteiger partial charge in [0.25, 0.3) is 0 Å². The minimum Gasteiger partial charge on any atom is -0.508 e. The predicted octanol–water partition coefficient (Wildman–Crippen LogP) is 5.76. The minimum atomic E-state index is -0.371. The van der Waals surface area contributed by atoms with Crippen LogP contribution in [0.3, 0.4) is 0 Å². The molecule has 0 aliphatic rings. The number of aromatic hydroxyl groups is 1. The van der Waals surface area contributed by atoms with Crippen LogP contribution in [0.1, 0.15) is 45.7 Å². The lowest BCUT2D eigenvalue weighted by Crippen LogP contribution is -2.16. The molecule has 0 fully saturated rings. The largest absolute Gasteiger partial charge is 0.508 e. The van der Waals surface area contributed by atoms with Gasteiger partial charge in [0.2, 0.25) is 0 Å². The number of benzene rings is 3. The summed E-state index contributed by atoms with van der Waals surface area (Å²) in [6, 6.07) is 20.6. The first-order chi connectivity index (χ1) is 14.5. The Labute approximate surface area is 183 Å². The Balaban J connectivity index is 1.81. The van der Waals surface area contributed by atoms with Crippen LogP contribution in [0.25, 0.3) is 0 Å². The lowest BCUT2D eigenvalue weighted by atomic mass is 9.97. The van der Waals surface area contributed by atoms with Crippen LogP contribution in [0.2, 0.25) is 0 Å². The number of esters is 1. The molecule has 0 spiro atoms. The molecule has 1 unspecified atom stereocenters. The molecule has 3 aromatic carbocycles. The van der Waals surface area contributed by atoms with Gasteiger partial charge in [0, 0.05) is 22.1 Å². The van der Waals surface area contributed by atoms with Gasteiger partial charge in [-0.1, -0.05) is 40.2 Å². The summed E-state index contributed by atoms with van der Waals surface area (Å²) in [4.78, 5) is 24.7. The molecule has 0 amide bonds. The third-order valence-corrected chi connectivity index (χ3v) is 5.12. The fraction of sp³-hybridized carbons (Fsp3) is 0.167. The van der Waals surface area contributed by atoms with Gasteiger partial charge < -0.3 is 15.2 Å². The third-order valence-electron chi connectivity index (χ3n) is 4.59. The zero-order valence-electron chi connectivity index (χ0n) is 16.5. The standard InChI is InChI=1S/C24H22BrNO4/c1-2-30-24(29)18-5-11-20(12-6-18)26-22(16-7-13-21(27)14-8-16)15-23(28)17-3-9-19(25)10-4-17/h3-14,22,26-27H,2,15H2,1H3. The smallest absolute Gasteiger partial charge is 0.338 e. The third kappa shape index (κ3) is 5.70. The van der Waals surface area contributed by atoms with Crippen LogP contribution in [-0.2, 0) is 4.74 Å². The molecule has 154 valence electrons. The Morgan fingerprint density at radius 3 is 2.13 bits per heavy atom. The van der Waals surface area contributed by atoms with Gasteiger partial charge in [-0.25, -0.2) is 4.79 Å². The second-order valence-electron chi connectivity index (χ2n) is 6.72. The van der Waals surface area contributed by atoms with E-state index in [0.717, 1.165) is 15.7 Å². The van der Waals surface area contributed by atoms with E-state index in [0.29, 0.717) is 17.7 Å². The molecule has 6 heteroatoms. The lowest BCUT2D eigenvalue weighted by molar-refractivity contribution is 0.0526. The van der Waals surface area contributed by atoms with Gasteiger partial charge >= 0.3 is 5.97 Å². The molecule has 2 N–H and O–H groups in total. The number of phenolic OH excluding ortho intramolecular Hbond substituents is 1. The second kappa shape index (κ2) is 10.1. The topological polar surface area (TPSA) is 75.6 Å². The number of halogens is 1. The van der Waals surface area contributed by atoms with Crippen molar-refractivity contribution in [2.24, 2.45) is 0 Å². The van der Waals surface area contributed by atoms with Crippen molar-refractivity contribution >= 4 is 33.4 Å². The van der Waals surface area contributed by atoms with Crippen molar-refractivity contribution in [3.05, 3.63) is 94.0 Å². The highest BCUT2D eigenvalue weighted by atomic mass is 79.9. The summed E-state index contributed by atoms with van der Waals surface area (Å²) >= 11 is 3.38. The highest BCUT2D eigenvalue weighted by molar-refractivity contribution is 9.10. The first-order valence-electron chi connectivity index (χ1n) is 9.57. The number of ether oxygens (including phenoxy) is 1. The maximum absolute atomic E-state index is 12.8. The van der Waals surface area contributed by atoms with E-state index in [9.17, 15) is 14.7 Å². The fourth-order valence-corrected chi connectivity index (χ4v) is 3.28. The number of carbonyl (C=O) groups excluding carboxylic acids is 2. The number of phenols is 1. The van der Waals surface area contributed by atoms with E-state index >= 15 is 0 Å². The van der Waals surface area contributed by atoms with E-state index in [1.165, 1.54) is 0 Å². The summed E-state index contributed by atoms with van der Waals surface area (Å²) in [5.41, 5.74) is 2.73. The van der Waals surface area contributed by atoms with Crippen LogP contribution in [0.15, 0.2) is 77.3 Å². The molecule has 30 heavy (non-hydrogen) atoms. The minimum absolute atomic E-state index is 0.00350. The fourth-order valence-electron chi connectivity index (χ4n) is 3.02. The van der Waals surface area contributed by atoms with Gasteiger partial charge in [-0.15, -0.1) is 0 Å². The summed E-state index contributed by atoms with van der Waals surface area (Å²) in [6.45, 7) is 2.08. The second-order valence-corrected chi connectivity index (χ2v) is 7.64. The van der Waals surface area contributed by atoms with Gasteiger partial charge in [0.05, 0.1) is 18.2 Å². The molecule has 3 aromatic rings. The van der Waals surface area contributed by atoms with Crippen LogP contribution in [-0.4, -0.2) is 23.5 Å². The zero-order chi connectivity index (χ0) is 21.5. The summed E-state index contributed by atoms with van der Waals surface area (Å²) in [5, 5.41) is 13.0. The first kappa shape index (κ1) is 21.6. The molecular formula is C24H22BrNO4. The Morgan fingerprint density at radius 1 is 0.933 bits per heavy atom. The Bertz CT molecular complexity index is 999. The normalized spacial score (nSPS) is 11.5. The van der Waals surface area contributed by atoms with E-state index in [-0.39, 0.29) is 30.0 Å². The number of rotatable bonds is 8. The van der Waals surface area contributed by atoms with Gasteiger partial charge in [0.15, 0.2) is 5.78 Å². The Hall–Kier alpha value is -3.12. The van der Waals surface area contributed by atoms with Crippen LogP contribution < -0.4 is 5.32 Å². The number of ketones is 1. The molecule has 1 atom stereocenters. The SMILES string of the molecule is CCOC(=O)c1ccc(NC(CC(=O)c2ccc(Br)cc2)c2ccc(O)cc2)cc1. The van der Waals surface area contributed by atoms with Crippen molar-refractivity contribution in [1.29, 1.82) is 0 Å². The first-order valence-corrected chi connectivity index (χ1v) is 10.4.